The molecule has 0 spiro atoms. The van der Waals surface area contributed by atoms with E-state index in [0.29, 0.717) is 11.8 Å². The summed E-state index contributed by atoms with van der Waals surface area (Å²) in [6, 6.07) is 0. The zero-order valence-corrected chi connectivity index (χ0v) is 16.0. The maximum atomic E-state index is 11.5. The van der Waals surface area contributed by atoms with Crippen LogP contribution in [0, 0.1) is 11.8 Å². The molecule has 0 aromatic heterocycles. The van der Waals surface area contributed by atoms with E-state index in [1.807, 2.05) is 0 Å². The van der Waals surface area contributed by atoms with E-state index in [9.17, 15) is 4.79 Å². The maximum Gasteiger partial charge on any atom is 0.243 e. The number of hydrogen-bond acceptors (Lipinski definition) is 2. The summed E-state index contributed by atoms with van der Waals surface area (Å²) in [5, 5.41) is 6.52. The van der Waals surface area contributed by atoms with E-state index in [4.69, 9.17) is 0 Å². The topological polar surface area (TPSA) is 56.7 Å². The molecule has 0 heterocycles. The third kappa shape index (κ3) is 12.5. The van der Waals surface area contributed by atoms with Gasteiger partial charge < -0.3 is 15.5 Å². The van der Waals surface area contributed by atoms with E-state index in [1.165, 1.54) is 0 Å². The van der Waals surface area contributed by atoms with Crippen molar-refractivity contribution in [1.82, 2.24) is 15.5 Å². The highest BCUT2D eigenvalue weighted by Gasteiger charge is 2.05. The fourth-order valence-electron chi connectivity index (χ4n) is 1.24. The smallest absolute Gasteiger partial charge is 0.243 e. The second kappa shape index (κ2) is 12.2. The second-order valence-corrected chi connectivity index (χ2v) is 5.84. The van der Waals surface area contributed by atoms with Crippen LogP contribution >= 0.6 is 24.0 Å². The highest BCUT2D eigenvalue weighted by atomic mass is 127. The molecule has 0 aliphatic rings. The van der Waals surface area contributed by atoms with Gasteiger partial charge in [-0.1, -0.05) is 27.7 Å². The van der Waals surface area contributed by atoms with Crippen LogP contribution in [0.2, 0.25) is 0 Å². The van der Waals surface area contributed by atoms with Crippen molar-refractivity contribution in [3.05, 3.63) is 0 Å². The van der Waals surface area contributed by atoms with E-state index < -0.39 is 0 Å². The third-order valence-corrected chi connectivity index (χ3v) is 2.56. The van der Waals surface area contributed by atoms with Crippen LogP contribution in [0.25, 0.3) is 0 Å². The van der Waals surface area contributed by atoms with Crippen molar-refractivity contribution in [3.63, 3.8) is 0 Å². The summed E-state index contributed by atoms with van der Waals surface area (Å²) >= 11 is 0. The SMILES string of the molecule is CC(C)CCNC(=NCC(=O)N(C)C)NCC(C)C.I. The molecule has 2 N–H and O–H groups in total. The van der Waals surface area contributed by atoms with Gasteiger partial charge in [-0.25, -0.2) is 4.99 Å². The molecule has 0 aliphatic carbocycles. The van der Waals surface area contributed by atoms with Crippen LogP contribution in [-0.2, 0) is 4.79 Å². The zero-order chi connectivity index (χ0) is 14.8. The number of halogens is 1. The molecule has 0 aliphatic heterocycles. The molecule has 120 valence electrons. The van der Waals surface area contributed by atoms with E-state index in [-0.39, 0.29) is 36.4 Å². The predicted molar refractivity (Wildman–Crippen MR) is 96.7 cm³/mol. The highest BCUT2D eigenvalue weighted by molar-refractivity contribution is 14.0. The van der Waals surface area contributed by atoms with E-state index in [2.05, 4.69) is 43.3 Å². The first-order chi connectivity index (χ1) is 8.82. The zero-order valence-electron chi connectivity index (χ0n) is 13.7. The summed E-state index contributed by atoms with van der Waals surface area (Å²) < 4.78 is 0. The van der Waals surface area contributed by atoms with Crippen LogP contribution in [0.4, 0.5) is 0 Å². The lowest BCUT2D eigenvalue weighted by Gasteiger charge is -2.15. The molecular weight excluding hydrogens is 367 g/mol. The van der Waals surface area contributed by atoms with Gasteiger partial charge in [0, 0.05) is 27.2 Å². The first kappa shape index (κ1) is 21.8. The van der Waals surface area contributed by atoms with Crippen molar-refractivity contribution in [3.8, 4) is 0 Å². The molecular formula is C14H31IN4O. The minimum absolute atomic E-state index is 0. The molecule has 5 nitrogen and oxygen atoms in total. The monoisotopic (exact) mass is 398 g/mol. The Balaban J connectivity index is 0. The molecule has 0 aromatic carbocycles. The lowest BCUT2D eigenvalue weighted by Crippen LogP contribution is -2.40. The number of aliphatic imine (C=N–C) groups is 1. The molecule has 0 saturated heterocycles. The Hall–Kier alpha value is -0.530. The minimum atomic E-state index is 0. The van der Waals surface area contributed by atoms with Crippen LogP contribution < -0.4 is 10.6 Å². The normalized spacial score (nSPS) is 11.3. The summed E-state index contributed by atoms with van der Waals surface area (Å²) in [4.78, 5) is 17.4. The quantitative estimate of drug-likeness (QED) is 0.392. The molecule has 0 radical (unpaired) electrons. The van der Waals surface area contributed by atoms with Gasteiger partial charge in [0.15, 0.2) is 5.96 Å². The van der Waals surface area contributed by atoms with E-state index in [1.54, 1.807) is 19.0 Å². The van der Waals surface area contributed by atoms with Gasteiger partial charge in [0.2, 0.25) is 5.91 Å². The second-order valence-electron chi connectivity index (χ2n) is 5.84. The van der Waals surface area contributed by atoms with Crippen LogP contribution in [-0.4, -0.2) is 50.5 Å². The highest BCUT2D eigenvalue weighted by Crippen LogP contribution is 1.96. The van der Waals surface area contributed by atoms with Crippen LogP contribution in [0.15, 0.2) is 4.99 Å². The minimum Gasteiger partial charge on any atom is -0.356 e. The van der Waals surface area contributed by atoms with Crippen LogP contribution in [0.3, 0.4) is 0 Å². The standard InChI is InChI=1S/C14H30N4O.HI/c1-11(2)7-8-15-14(16-9-12(3)4)17-10-13(19)18(5)6;/h11-12H,7-10H2,1-6H3,(H2,15,16,17);1H. The molecule has 0 bridgehead atoms. The van der Waals surface area contributed by atoms with Gasteiger partial charge >= 0.3 is 0 Å². The Kier molecular flexibility index (Phi) is 13.3. The summed E-state index contributed by atoms with van der Waals surface area (Å²) in [6.07, 6.45) is 1.09. The number of amides is 1. The van der Waals surface area contributed by atoms with Crippen molar-refractivity contribution in [1.29, 1.82) is 0 Å². The molecule has 0 rings (SSSR count). The number of nitrogens with one attached hydrogen (secondary N) is 2. The van der Waals surface area contributed by atoms with Crippen molar-refractivity contribution < 1.29 is 4.79 Å². The Bertz CT molecular complexity index is 291. The van der Waals surface area contributed by atoms with Gasteiger partial charge in [-0.2, -0.15) is 0 Å². The third-order valence-electron chi connectivity index (χ3n) is 2.56. The van der Waals surface area contributed by atoms with E-state index in [0.717, 1.165) is 25.5 Å². The van der Waals surface area contributed by atoms with Crippen molar-refractivity contribution in [2.24, 2.45) is 16.8 Å². The average molecular weight is 398 g/mol. The fraction of sp³-hybridized carbons (Fsp3) is 0.857. The Morgan fingerprint density at radius 2 is 1.70 bits per heavy atom. The Morgan fingerprint density at radius 1 is 1.10 bits per heavy atom. The van der Waals surface area contributed by atoms with Crippen molar-refractivity contribution >= 4 is 35.8 Å². The lowest BCUT2D eigenvalue weighted by atomic mass is 10.1. The van der Waals surface area contributed by atoms with Crippen LogP contribution in [0.1, 0.15) is 34.1 Å². The predicted octanol–water partition coefficient (Wildman–Crippen LogP) is 1.93. The van der Waals surface area contributed by atoms with Gasteiger partial charge in [-0.3, -0.25) is 4.79 Å². The number of likely N-dealkylation sites (N-methyl/N-ethyl adjacent to an activating group) is 1. The Labute approximate surface area is 141 Å². The summed E-state index contributed by atoms with van der Waals surface area (Å²) in [7, 11) is 3.48. The number of carbonyl (C=O) groups excluding carboxylic acids is 1. The Morgan fingerprint density at radius 3 is 2.15 bits per heavy atom. The molecule has 0 fully saturated rings. The molecule has 0 saturated carbocycles. The summed E-state index contributed by atoms with van der Waals surface area (Å²) in [6.45, 7) is 10.6. The van der Waals surface area contributed by atoms with Gasteiger partial charge in [0.25, 0.3) is 0 Å². The number of guanidine groups is 1. The van der Waals surface area contributed by atoms with E-state index >= 15 is 0 Å². The number of nitrogens with zero attached hydrogens (tertiary/aromatic N) is 2. The summed E-state index contributed by atoms with van der Waals surface area (Å²) in [5.74, 6) is 1.93. The summed E-state index contributed by atoms with van der Waals surface area (Å²) in [5.41, 5.74) is 0. The number of carbonyl (C=O) groups is 1. The van der Waals surface area contributed by atoms with Crippen molar-refractivity contribution in [2.75, 3.05) is 33.7 Å². The molecule has 0 unspecified atom stereocenters. The van der Waals surface area contributed by atoms with Gasteiger partial charge in [-0.15, -0.1) is 24.0 Å². The molecule has 6 heteroatoms. The number of rotatable bonds is 7. The molecule has 1 amide bonds. The van der Waals surface area contributed by atoms with Gasteiger partial charge in [0.05, 0.1) is 0 Å². The average Bonchev–Trinajstić information content (AvgIpc) is 2.30. The first-order valence-electron chi connectivity index (χ1n) is 7.05. The number of hydrogen-bond donors (Lipinski definition) is 2. The lowest BCUT2D eigenvalue weighted by molar-refractivity contribution is -0.127. The van der Waals surface area contributed by atoms with Crippen molar-refractivity contribution in [2.45, 2.75) is 34.1 Å². The van der Waals surface area contributed by atoms with Gasteiger partial charge in [0.1, 0.15) is 6.54 Å². The molecule has 0 atom stereocenters. The van der Waals surface area contributed by atoms with Gasteiger partial charge in [-0.05, 0) is 18.3 Å². The molecule has 0 aromatic rings. The largest absolute Gasteiger partial charge is 0.356 e. The first-order valence-corrected chi connectivity index (χ1v) is 7.05. The maximum absolute atomic E-state index is 11.5. The molecule has 20 heavy (non-hydrogen) atoms. The fourth-order valence-corrected chi connectivity index (χ4v) is 1.24. The van der Waals surface area contributed by atoms with Crippen LogP contribution in [0.5, 0.6) is 0 Å².